The molecule has 1 N–H and O–H groups in total. The first-order valence-corrected chi connectivity index (χ1v) is 6.37. The summed E-state index contributed by atoms with van der Waals surface area (Å²) in [6, 6.07) is 5.06. The molecule has 4 nitrogen and oxygen atoms in total. The normalized spacial score (nSPS) is 17.4. The average molecular weight is 334 g/mol. The van der Waals surface area contributed by atoms with Gasteiger partial charge in [0.15, 0.2) is 5.11 Å². The van der Waals surface area contributed by atoms with Crippen LogP contribution in [0.3, 0.4) is 0 Å². The summed E-state index contributed by atoms with van der Waals surface area (Å²) in [6.45, 7) is 0. The summed E-state index contributed by atoms with van der Waals surface area (Å²) >= 11 is 4.88. The Morgan fingerprint density at radius 2 is 2.09 bits per heavy atom. The minimum Gasteiger partial charge on any atom is -0.428 e. The molecule has 2 rings (SSSR count). The van der Waals surface area contributed by atoms with Crippen LogP contribution in [-0.4, -0.2) is 35.5 Å². The summed E-state index contributed by atoms with van der Waals surface area (Å²) in [5.74, 6) is -0.838. The molecule has 1 fully saturated rings. The number of ether oxygens (including phenoxy) is 1. The van der Waals surface area contributed by atoms with Gasteiger partial charge in [0.2, 0.25) is 0 Å². The van der Waals surface area contributed by atoms with Crippen LogP contribution in [0.4, 0.5) is 17.6 Å². The Balaban J connectivity index is 2.23. The molecule has 0 atom stereocenters. The van der Waals surface area contributed by atoms with E-state index in [1.165, 1.54) is 30.2 Å². The molecule has 118 valence electrons. The maximum atomic E-state index is 12.9. The molecule has 0 radical (unpaired) electrons. The van der Waals surface area contributed by atoms with Gasteiger partial charge in [0.1, 0.15) is 11.4 Å². The Morgan fingerprint density at radius 3 is 2.64 bits per heavy atom. The molecule has 0 unspecified atom stereocenters. The summed E-state index contributed by atoms with van der Waals surface area (Å²) in [5, 5.41) is 2.85. The van der Waals surface area contributed by atoms with Crippen molar-refractivity contribution in [1.29, 1.82) is 0 Å². The second-order valence-corrected chi connectivity index (χ2v) is 4.78. The Hall–Kier alpha value is -2.16. The predicted octanol–water partition coefficient (Wildman–Crippen LogP) is 2.61. The number of alkyl halides is 4. The van der Waals surface area contributed by atoms with Gasteiger partial charge in [-0.05, 0) is 36.0 Å². The molecule has 0 saturated carbocycles. The summed E-state index contributed by atoms with van der Waals surface area (Å²) < 4.78 is 53.9. The monoisotopic (exact) mass is 334 g/mol. The largest absolute Gasteiger partial charge is 0.461 e. The van der Waals surface area contributed by atoms with Crippen LogP contribution in [-0.2, 0) is 4.79 Å². The molecule has 1 aliphatic rings. The zero-order chi connectivity index (χ0) is 16.5. The lowest BCUT2D eigenvalue weighted by molar-refractivity contribution is -0.253. The van der Waals surface area contributed by atoms with Crippen LogP contribution in [0, 0.1) is 0 Å². The smallest absolute Gasteiger partial charge is 0.428 e. The van der Waals surface area contributed by atoms with Crippen LogP contribution in [0.1, 0.15) is 5.56 Å². The number of halogens is 4. The van der Waals surface area contributed by atoms with Gasteiger partial charge >= 0.3 is 12.5 Å². The number of benzene rings is 1. The van der Waals surface area contributed by atoms with Gasteiger partial charge in [-0.25, -0.2) is 0 Å². The van der Waals surface area contributed by atoms with Gasteiger partial charge in [0.25, 0.3) is 5.91 Å². The van der Waals surface area contributed by atoms with Gasteiger partial charge in [-0.15, -0.1) is 0 Å². The maximum absolute atomic E-state index is 12.9. The first-order chi connectivity index (χ1) is 10.2. The molecule has 0 bridgehead atoms. The summed E-state index contributed by atoms with van der Waals surface area (Å²) in [7, 11) is 1.47. The highest BCUT2D eigenvalue weighted by molar-refractivity contribution is 7.80. The number of thiocarbonyl (C=S) groups is 1. The van der Waals surface area contributed by atoms with Crippen molar-refractivity contribution < 1.29 is 27.1 Å². The van der Waals surface area contributed by atoms with Gasteiger partial charge in [-0.3, -0.25) is 9.69 Å². The third-order valence-corrected chi connectivity index (χ3v) is 3.13. The fourth-order valence-electron chi connectivity index (χ4n) is 1.66. The Morgan fingerprint density at radius 1 is 1.41 bits per heavy atom. The lowest BCUT2D eigenvalue weighted by Crippen LogP contribution is -2.33. The second kappa shape index (κ2) is 5.91. The van der Waals surface area contributed by atoms with Crippen LogP contribution >= 0.6 is 12.2 Å². The van der Waals surface area contributed by atoms with Crippen LogP contribution in [0.15, 0.2) is 30.0 Å². The molecule has 1 aliphatic heterocycles. The van der Waals surface area contributed by atoms with E-state index in [1.807, 2.05) is 0 Å². The summed E-state index contributed by atoms with van der Waals surface area (Å²) in [6.07, 6.45) is -7.18. The van der Waals surface area contributed by atoms with Gasteiger partial charge in [-0.2, -0.15) is 17.6 Å². The van der Waals surface area contributed by atoms with Crippen molar-refractivity contribution in [2.75, 3.05) is 7.05 Å². The molecule has 1 aromatic carbocycles. The number of hydrogen-bond acceptors (Lipinski definition) is 3. The first-order valence-electron chi connectivity index (χ1n) is 5.96. The van der Waals surface area contributed by atoms with Crippen molar-refractivity contribution >= 4 is 29.3 Å². The zero-order valence-corrected chi connectivity index (χ0v) is 12.0. The van der Waals surface area contributed by atoms with E-state index in [-0.39, 0.29) is 10.8 Å². The molecule has 1 heterocycles. The molecule has 0 aromatic heterocycles. The molecule has 1 amide bonds. The molecule has 1 aromatic rings. The molecule has 22 heavy (non-hydrogen) atoms. The lowest BCUT2D eigenvalue weighted by Gasteiger charge is -2.16. The molecule has 1 saturated heterocycles. The van der Waals surface area contributed by atoms with E-state index in [0.29, 0.717) is 5.56 Å². The number of nitrogens with zero attached hydrogens (tertiary/aromatic N) is 1. The molecule has 0 spiro atoms. The van der Waals surface area contributed by atoms with E-state index < -0.39 is 24.2 Å². The Bertz CT molecular complexity index is 649. The number of amides is 1. The Labute approximate surface area is 128 Å². The highest BCUT2D eigenvalue weighted by Gasteiger charge is 2.44. The van der Waals surface area contributed by atoms with E-state index in [1.54, 1.807) is 0 Å². The highest BCUT2D eigenvalue weighted by Crippen LogP contribution is 2.28. The van der Waals surface area contributed by atoms with Crippen molar-refractivity contribution in [3.05, 3.63) is 35.5 Å². The number of hydrogen-bond donors (Lipinski definition) is 1. The third kappa shape index (κ3) is 3.35. The third-order valence-electron chi connectivity index (χ3n) is 2.76. The Kier molecular flexibility index (Phi) is 4.36. The van der Waals surface area contributed by atoms with Gasteiger partial charge in [0, 0.05) is 7.05 Å². The lowest BCUT2D eigenvalue weighted by atomic mass is 10.2. The second-order valence-electron chi connectivity index (χ2n) is 4.39. The quantitative estimate of drug-likeness (QED) is 0.522. The van der Waals surface area contributed by atoms with Crippen molar-refractivity contribution in [2.24, 2.45) is 0 Å². The van der Waals surface area contributed by atoms with Crippen molar-refractivity contribution in [3.8, 4) is 5.75 Å². The van der Waals surface area contributed by atoms with E-state index in [4.69, 9.17) is 12.2 Å². The molecule has 0 aliphatic carbocycles. The highest BCUT2D eigenvalue weighted by atomic mass is 32.1. The maximum Gasteiger partial charge on any atom is 0.461 e. The van der Waals surface area contributed by atoms with Crippen LogP contribution < -0.4 is 10.1 Å². The zero-order valence-electron chi connectivity index (χ0n) is 11.1. The van der Waals surface area contributed by atoms with Crippen LogP contribution in [0.5, 0.6) is 5.75 Å². The van der Waals surface area contributed by atoms with E-state index >= 15 is 0 Å². The molecular weight excluding hydrogens is 324 g/mol. The van der Waals surface area contributed by atoms with Gasteiger partial charge in [-0.1, -0.05) is 12.1 Å². The summed E-state index contributed by atoms with van der Waals surface area (Å²) in [5.41, 5.74) is 0.460. The van der Waals surface area contributed by atoms with Crippen molar-refractivity contribution in [3.63, 3.8) is 0 Å². The van der Waals surface area contributed by atoms with E-state index in [2.05, 4.69) is 10.1 Å². The van der Waals surface area contributed by atoms with E-state index in [9.17, 15) is 22.4 Å². The molecule has 9 heteroatoms. The van der Waals surface area contributed by atoms with E-state index in [0.717, 1.165) is 12.1 Å². The van der Waals surface area contributed by atoms with Crippen LogP contribution in [0.2, 0.25) is 0 Å². The van der Waals surface area contributed by atoms with Gasteiger partial charge < -0.3 is 10.1 Å². The van der Waals surface area contributed by atoms with Crippen molar-refractivity contribution in [2.45, 2.75) is 12.5 Å². The van der Waals surface area contributed by atoms with Gasteiger partial charge in [0.05, 0.1) is 0 Å². The predicted molar refractivity (Wildman–Crippen MR) is 74.5 cm³/mol. The average Bonchev–Trinajstić information content (AvgIpc) is 2.66. The fraction of sp³-hybridized carbons (Fsp3) is 0.231. The first kappa shape index (κ1) is 16.2. The van der Waals surface area contributed by atoms with Crippen molar-refractivity contribution in [1.82, 2.24) is 10.2 Å². The summed E-state index contributed by atoms with van der Waals surface area (Å²) in [4.78, 5) is 13.0. The SMILES string of the molecule is CN1C(=O)/C(=C/c2cccc(OC(F)(F)C(F)F)c2)NC1=S. The minimum atomic E-state index is -4.59. The molecular formula is C13H10F4N2O2S. The topological polar surface area (TPSA) is 41.6 Å². The number of carbonyl (C=O) groups is 1. The number of rotatable bonds is 4. The number of carbonyl (C=O) groups excluding carboxylic acids is 1. The fourth-order valence-corrected chi connectivity index (χ4v) is 1.85. The number of nitrogens with one attached hydrogen (secondary N) is 1. The standard InChI is InChI=1S/C13H10F4N2O2S/c1-19-10(20)9(18-12(19)22)6-7-3-2-4-8(5-7)21-13(16,17)11(14)15/h2-6,11H,1H3,(H,18,22)/b9-6-. The number of likely N-dealkylation sites (N-methyl/N-ethyl adjacent to an activating group) is 1. The van der Waals surface area contributed by atoms with Crippen LogP contribution in [0.25, 0.3) is 6.08 Å². The minimum absolute atomic E-state index is 0.144.